The van der Waals surface area contributed by atoms with E-state index >= 15 is 0 Å². The second-order valence-corrected chi connectivity index (χ2v) is 5.63. The molecule has 0 amide bonds. The third-order valence-electron chi connectivity index (χ3n) is 3.24. The molecule has 1 N–H and O–H groups in total. The van der Waals surface area contributed by atoms with E-state index in [1.54, 1.807) is 0 Å². The van der Waals surface area contributed by atoms with E-state index in [-0.39, 0.29) is 6.04 Å². The van der Waals surface area contributed by atoms with Crippen LogP contribution in [-0.2, 0) is 13.0 Å². The molecule has 0 aliphatic heterocycles. The summed E-state index contributed by atoms with van der Waals surface area (Å²) in [7, 11) is 0. The van der Waals surface area contributed by atoms with Gasteiger partial charge in [0.25, 0.3) is 0 Å². The Balaban J connectivity index is 2.26. The molecule has 20 heavy (non-hydrogen) atoms. The predicted octanol–water partition coefficient (Wildman–Crippen LogP) is 3.34. The van der Waals surface area contributed by atoms with Crippen LogP contribution in [-0.4, -0.2) is 21.3 Å². The molecular weight excluding hydrogens is 316 g/mol. The van der Waals surface area contributed by atoms with Crippen molar-refractivity contribution in [3.05, 3.63) is 46.5 Å². The SMILES string of the molecule is CCCn1ncc(Br)c1C(Cc1ccncc1)NCC. The first-order valence-corrected chi connectivity index (χ1v) is 7.89. The highest BCUT2D eigenvalue weighted by Crippen LogP contribution is 2.26. The van der Waals surface area contributed by atoms with Crippen molar-refractivity contribution >= 4 is 15.9 Å². The highest BCUT2D eigenvalue weighted by molar-refractivity contribution is 9.10. The van der Waals surface area contributed by atoms with Gasteiger partial charge in [0.15, 0.2) is 0 Å². The molecule has 5 heteroatoms. The molecule has 0 aliphatic rings. The lowest BCUT2D eigenvalue weighted by molar-refractivity contribution is 0.476. The lowest BCUT2D eigenvalue weighted by Gasteiger charge is -2.20. The fraction of sp³-hybridized carbons (Fsp3) is 0.467. The number of nitrogens with one attached hydrogen (secondary N) is 1. The Morgan fingerprint density at radius 2 is 2.05 bits per heavy atom. The number of halogens is 1. The molecule has 1 unspecified atom stereocenters. The summed E-state index contributed by atoms with van der Waals surface area (Å²) in [6.07, 6.45) is 7.59. The van der Waals surface area contributed by atoms with Crippen LogP contribution in [0.1, 0.15) is 37.6 Å². The van der Waals surface area contributed by atoms with Crippen molar-refractivity contribution in [2.24, 2.45) is 0 Å². The molecule has 2 aromatic heterocycles. The standard InChI is InChI=1S/C15H21BrN4/c1-3-9-20-15(13(16)11-19-20)14(18-4-2)10-12-5-7-17-8-6-12/h5-8,11,14,18H,3-4,9-10H2,1-2H3. The number of aromatic nitrogens is 3. The first-order valence-electron chi connectivity index (χ1n) is 7.09. The van der Waals surface area contributed by atoms with Gasteiger partial charge in [0.2, 0.25) is 0 Å². The summed E-state index contributed by atoms with van der Waals surface area (Å²) in [5, 5.41) is 8.03. The number of pyridine rings is 1. The molecule has 2 rings (SSSR count). The third kappa shape index (κ3) is 3.67. The van der Waals surface area contributed by atoms with Crippen LogP contribution in [0, 0.1) is 0 Å². The highest BCUT2D eigenvalue weighted by atomic mass is 79.9. The van der Waals surface area contributed by atoms with Crippen LogP contribution >= 0.6 is 15.9 Å². The Morgan fingerprint density at radius 1 is 1.30 bits per heavy atom. The summed E-state index contributed by atoms with van der Waals surface area (Å²) in [5.74, 6) is 0. The second-order valence-electron chi connectivity index (χ2n) is 4.77. The number of rotatable bonds is 7. The highest BCUT2D eigenvalue weighted by Gasteiger charge is 2.19. The minimum atomic E-state index is 0.255. The van der Waals surface area contributed by atoms with Gasteiger partial charge in [-0.15, -0.1) is 0 Å². The monoisotopic (exact) mass is 336 g/mol. The topological polar surface area (TPSA) is 42.7 Å². The minimum absolute atomic E-state index is 0.255. The number of aryl methyl sites for hydroxylation is 1. The molecule has 0 saturated heterocycles. The molecule has 0 bridgehead atoms. The zero-order valence-corrected chi connectivity index (χ0v) is 13.6. The summed E-state index contributed by atoms with van der Waals surface area (Å²) in [4.78, 5) is 4.08. The molecule has 0 saturated carbocycles. The molecule has 2 aromatic rings. The molecule has 0 spiro atoms. The Bertz CT molecular complexity index is 524. The quantitative estimate of drug-likeness (QED) is 0.843. The predicted molar refractivity (Wildman–Crippen MR) is 84.6 cm³/mol. The van der Waals surface area contributed by atoms with Crippen LogP contribution in [0.2, 0.25) is 0 Å². The second kappa shape index (κ2) is 7.55. The summed E-state index contributed by atoms with van der Waals surface area (Å²) in [6.45, 7) is 6.18. The maximum Gasteiger partial charge on any atom is 0.0699 e. The summed E-state index contributed by atoms with van der Waals surface area (Å²) < 4.78 is 3.17. The molecule has 2 heterocycles. The average Bonchev–Trinajstić information content (AvgIpc) is 2.81. The normalized spacial score (nSPS) is 12.6. The van der Waals surface area contributed by atoms with Gasteiger partial charge < -0.3 is 5.32 Å². The largest absolute Gasteiger partial charge is 0.309 e. The molecule has 1 atom stereocenters. The van der Waals surface area contributed by atoms with Gasteiger partial charge >= 0.3 is 0 Å². The molecule has 4 nitrogen and oxygen atoms in total. The lowest BCUT2D eigenvalue weighted by atomic mass is 10.0. The van der Waals surface area contributed by atoms with E-state index in [0.29, 0.717) is 0 Å². The van der Waals surface area contributed by atoms with Gasteiger partial charge in [0, 0.05) is 18.9 Å². The van der Waals surface area contributed by atoms with Crippen molar-refractivity contribution in [1.82, 2.24) is 20.1 Å². The van der Waals surface area contributed by atoms with E-state index in [2.05, 4.69) is 62.0 Å². The van der Waals surface area contributed by atoms with Crippen molar-refractivity contribution in [2.45, 2.75) is 39.3 Å². The number of hydrogen-bond donors (Lipinski definition) is 1. The lowest BCUT2D eigenvalue weighted by Crippen LogP contribution is -2.26. The average molecular weight is 337 g/mol. The Kier molecular flexibility index (Phi) is 5.73. The molecule has 0 radical (unpaired) electrons. The van der Waals surface area contributed by atoms with E-state index in [4.69, 9.17) is 0 Å². The van der Waals surface area contributed by atoms with Crippen molar-refractivity contribution in [3.8, 4) is 0 Å². The van der Waals surface area contributed by atoms with Gasteiger partial charge in [-0.05, 0) is 53.0 Å². The smallest absolute Gasteiger partial charge is 0.0699 e. The Morgan fingerprint density at radius 3 is 2.70 bits per heavy atom. The number of nitrogens with zero attached hydrogens (tertiary/aromatic N) is 3. The third-order valence-corrected chi connectivity index (χ3v) is 3.85. The van der Waals surface area contributed by atoms with Crippen LogP contribution in [0.5, 0.6) is 0 Å². The van der Waals surface area contributed by atoms with Gasteiger partial charge in [0.1, 0.15) is 0 Å². The Labute approximate surface area is 128 Å². The van der Waals surface area contributed by atoms with Crippen LogP contribution in [0.3, 0.4) is 0 Å². The maximum atomic E-state index is 4.47. The first-order chi connectivity index (χ1) is 9.76. The fourth-order valence-corrected chi connectivity index (χ4v) is 2.95. The number of hydrogen-bond acceptors (Lipinski definition) is 3. The van der Waals surface area contributed by atoms with E-state index in [1.165, 1.54) is 11.3 Å². The number of likely N-dealkylation sites (N-methyl/N-ethyl adjacent to an activating group) is 1. The van der Waals surface area contributed by atoms with Gasteiger partial charge in [-0.1, -0.05) is 13.8 Å². The zero-order chi connectivity index (χ0) is 14.4. The Hall–Kier alpha value is -1.20. The molecule has 0 fully saturated rings. The maximum absolute atomic E-state index is 4.47. The van der Waals surface area contributed by atoms with E-state index in [0.717, 1.165) is 30.4 Å². The van der Waals surface area contributed by atoms with Crippen molar-refractivity contribution < 1.29 is 0 Å². The fourth-order valence-electron chi connectivity index (χ4n) is 2.37. The summed E-state index contributed by atoms with van der Waals surface area (Å²) >= 11 is 3.64. The van der Waals surface area contributed by atoms with Crippen LogP contribution in [0.25, 0.3) is 0 Å². The van der Waals surface area contributed by atoms with Crippen molar-refractivity contribution in [2.75, 3.05) is 6.54 Å². The first kappa shape index (κ1) is 15.2. The van der Waals surface area contributed by atoms with Crippen LogP contribution in [0.4, 0.5) is 0 Å². The molecule has 108 valence electrons. The van der Waals surface area contributed by atoms with Gasteiger partial charge in [-0.3, -0.25) is 9.67 Å². The van der Waals surface area contributed by atoms with Crippen molar-refractivity contribution in [1.29, 1.82) is 0 Å². The van der Waals surface area contributed by atoms with Gasteiger partial charge in [-0.2, -0.15) is 5.10 Å². The summed E-state index contributed by atoms with van der Waals surface area (Å²) in [6, 6.07) is 4.39. The molecular formula is C15H21BrN4. The van der Waals surface area contributed by atoms with E-state index < -0.39 is 0 Å². The zero-order valence-electron chi connectivity index (χ0n) is 12.0. The van der Waals surface area contributed by atoms with Gasteiger partial charge in [-0.25, -0.2) is 0 Å². The van der Waals surface area contributed by atoms with Crippen LogP contribution < -0.4 is 5.32 Å². The minimum Gasteiger partial charge on any atom is -0.309 e. The molecule has 0 aromatic carbocycles. The molecule has 0 aliphatic carbocycles. The summed E-state index contributed by atoms with van der Waals surface area (Å²) in [5.41, 5.74) is 2.51. The van der Waals surface area contributed by atoms with Crippen LogP contribution in [0.15, 0.2) is 35.2 Å². The van der Waals surface area contributed by atoms with Crippen molar-refractivity contribution in [3.63, 3.8) is 0 Å². The van der Waals surface area contributed by atoms with E-state index in [9.17, 15) is 0 Å². The van der Waals surface area contributed by atoms with E-state index in [1.807, 2.05) is 18.6 Å². The van der Waals surface area contributed by atoms with Gasteiger partial charge in [0.05, 0.1) is 22.4 Å².